The SMILES string of the molecule is CC1(C)C(C2=CCC(CCOc3ccnc(Cl)c3)(C(=O)O)CC2)=CC[C@@]2(C)C1CC[C@]1(C)C2CC[C@@H]2[C@H]3CCC[C@]3(NCCN3CCS(=O)(=O)CC3)CC[C@]21C. The Morgan fingerprint density at radius 3 is 2.45 bits per heavy atom. The maximum Gasteiger partial charge on any atom is 0.310 e. The number of allylic oxidation sites excluding steroid dienone is 4. The van der Waals surface area contributed by atoms with Gasteiger partial charge in [0.1, 0.15) is 10.9 Å². The summed E-state index contributed by atoms with van der Waals surface area (Å²) in [5.41, 5.74) is 3.20. The van der Waals surface area contributed by atoms with E-state index in [2.05, 4.69) is 62.0 Å². The highest BCUT2D eigenvalue weighted by molar-refractivity contribution is 7.91. The maximum absolute atomic E-state index is 12.8. The molecule has 8 rings (SSSR count). The lowest BCUT2D eigenvalue weighted by molar-refractivity contribution is -0.218. The summed E-state index contributed by atoms with van der Waals surface area (Å²) in [7, 11) is -2.85. The van der Waals surface area contributed by atoms with E-state index < -0.39 is 21.2 Å². The van der Waals surface area contributed by atoms with Crippen LogP contribution in [0.3, 0.4) is 0 Å². The van der Waals surface area contributed by atoms with Gasteiger partial charge < -0.3 is 20.1 Å². The second kappa shape index (κ2) is 14.7. The van der Waals surface area contributed by atoms with E-state index in [1.54, 1.807) is 18.3 Å². The first kappa shape index (κ1) is 40.8. The third-order valence-electron chi connectivity index (χ3n) is 18.2. The van der Waals surface area contributed by atoms with Gasteiger partial charge in [0.15, 0.2) is 9.84 Å². The molecule has 8 nitrogen and oxygen atoms in total. The number of carboxylic acid groups (broad SMARTS) is 1. The number of nitrogens with one attached hydrogen (secondary N) is 1. The van der Waals surface area contributed by atoms with Gasteiger partial charge in [0.25, 0.3) is 0 Å². The molecule has 7 aliphatic rings. The number of pyridine rings is 1. The van der Waals surface area contributed by atoms with Crippen molar-refractivity contribution in [3.8, 4) is 5.75 Å². The van der Waals surface area contributed by atoms with Crippen molar-refractivity contribution in [1.29, 1.82) is 0 Å². The summed E-state index contributed by atoms with van der Waals surface area (Å²) in [5.74, 6) is 3.29. The number of hydrogen-bond acceptors (Lipinski definition) is 7. The molecule has 1 aromatic rings. The van der Waals surface area contributed by atoms with Crippen molar-refractivity contribution in [2.45, 2.75) is 130 Å². The van der Waals surface area contributed by atoms with Crippen molar-refractivity contribution in [1.82, 2.24) is 15.2 Å². The standard InChI is InChI=1S/C46H68ClN3O5S/c1-41(2)34(32-10-18-45(19-11-32,40(51)52)22-28-55-33-14-23-48-39(47)31-33)12-16-42(3)37(41)13-17-44(5)38(42)9-8-35-36-7-6-15-46(36,21-20-43(35,44)4)49-24-25-50-26-29-56(53,54)30-27-50/h10,12,14,23,31,35-38,49H,6-9,11,13,15-22,24-30H2,1-5H3,(H,51,52)/t35-,36-,37?,38?,42+,43-,44-,45?,46+/m1/s1. The van der Waals surface area contributed by atoms with Gasteiger partial charge in [-0.3, -0.25) is 4.79 Å². The topological polar surface area (TPSA) is 109 Å². The number of aliphatic carboxylic acids is 1. The Balaban J connectivity index is 0.958. The number of rotatable bonds is 10. The van der Waals surface area contributed by atoms with Crippen LogP contribution in [0.25, 0.3) is 0 Å². The van der Waals surface area contributed by atoms with Gasteiger partial charge in [-0.25, -0.2) is 13.4 Å². The van der Waals surface area contributed by atoms with Crippen LogP contribution in [-0.4, -0.2) is 79.2 Å². The van der Waals surface area contributed by atoms with Gasteiger partial charge in [-0.2, -0.15) is 0 Å². The monoisotopic (exact) mass is 809 g/mol. The summed E-state index contributed by atoms with van der Waals surface area (Å²) in [6, 6.07) is 3.43. The van der Waals surface area contributed by atoms with Crippen molar-refractivity contribution in [2.24, 2.45) is 50.7 Å². The van der Waals surface area contributed by atoms with E-state index in [-0.39, 0.29) is 16.4 Å². The second-order valence-corrected chi connectivity index (χ2v) is 23.4. The Morgan fingerprint density at radius 2 is 1.73 bits per heavy atom. The summed E-state index contributed by atoms with van der Waals surface area (Å²) in [5, 5.41) is 15.0. The lowest BCUT2D eigenvalue weighted by Gasteiger charge is -2.72. The lowest BCUT2D eigenvalue weighted by Crippen LogP contribution is -2.67. The van der Waals surface area contributed by atoms with Crippen LogP contribution in [0.1, 0.15) is 125 Å². The summed E-state index contributed by atoms with van der Waals surface area (Å²) >= 11 is 6.04. The first-order valence-electron chi connectivity index (χ1n) is 22.0. The van der Waals surface area contributed by atoms with Crippen LogP contribution in [0.15, 0.2) is 41.6 Å². The van der Waals surface area contributed by atoms with Crippen molar-refractivity contribution in [3.05, 3.63) is 46.8 Å². The molecule has 0 aromatic carbocycles. The van der Waals surface area contributed by atoms with Crippen molar-refractivity contribution in [3.63, 3.8) is 0 Å². The number of ether oxygens (including phenoxy) is 1. The molecular formula is C46H68ClN3O5S. The third kappa shape index (κ3) is 6.73. The highest BCUT2D eigenvalue weighted by Gasteiger charge is 2.69. The Kier molecular flexibility index (Phi) is 10.7. The number of aromatic nitrogens is 1. The molecule has 310 valence electrons. The Hall–Kier alpha value is -1.94. The zero-order valence-corrected chi connectivity index (χ0v) is 36.4. The molecule has 0 amide bonds. The van der Waals surface area contributed by atoms with Crippen LogP contribution in [0.5, 0.6) is 5.75 Å². The zero-order chi connectivity index (χ0) is 39.8. The van der Waals surface area contributed by atoms with Gasteiger partial charge in [-0.15, -0.1) is 0 Å². The largest absolute Gasteiger partial charge is 0.493 e. The van der Waals surface area contributed by atoms with E-state index in [0.29, 0.717) is 84.0 Å². The van der Waals surface area contributed by atoms with Gasteiger partial charge in [0.2, 0.25) is 0 Å². The molecule has 3 unspecified atom stereocenters. The van der Waals surface area contributed by atoms with Gasteiger partial charge >= 0.3 is 5.97 Å². The van der Waals surface area contributed by atoms with Gasteiger partial charge in [-0.1, -0.05) is 64.8 Å². The zero-order valence-electron chi connectivity index (χ0n) is 34.8. The minimum absolute atomic E-state index is 0.0283. The van der Waals surface area contributed by atoms with Crippen LogP contribution in [0.2, 0.25) is 5.15 Å². The van der Waals surface area contributed by atoms with E-state index in [1.807, 2.05) is 0 Å². The van der Waals surface area contributed by atoms with E-state index in [9.17, 15) is 18.3 Å². The van der Waals surface area contributed by atoms with Crippen LogP contribution in [-0.2, 0) is 14.6 Å². The van der Waals surface area contributed by atoms with Crippen molar-refractivity contribution in [2.75, 3.05) is 44.3 Å². The van der Waals surface area contributed by atoms with Gasteiger partial charge in [0, 0.05) is 44.0 Å². The third-order valence-corrected chi connectivity index (χ3v) is 20.1. The Labute approximate surface area is 342 Å². The Morgan fingerprint density at radius 1 is 0.946 bits per heavy atom. The highest BCUT2D eigenvalue weighted by Crippen LogP contribution is 2.76. The van der Waals surface area contributed by atoms with E-state index in [0.717, 1.165) is 37.8 Å². The first-order valence-corrected chi connectivity index (χ1v) is 24.2. The molecule has 1 saturated heterocycles. The normalized spacial score (nSPS) is 41.6. The van der Waals surface area contributed by atoms with Gasteiger partial charge in [0.05, 0.1) is 23.5 Å². The van der Waals surface area contributed by atoms with Crippen LogP contribution in [0.4, 0.5) is 0 Å². The summed E-state index contributed by atoms with van der Waals surface area (Å²) in [6.45, 7) is 16.7. The fourth-order valence-corrected chi connectivity index (χ4v) is 16.4. The molecule has 0 spiro atoms. The van der Waals surface area contributed by atoms with Gasteiger partial charge in [-0.05, 0) is 146 Å². The van der Waals surface area contributed by atoms with Crippen molar-refractivity contribution >= 4 is 27.4 Å². The van der Waals surface area contributed by atoms with E-state index in [4.69, 9.17) is 16.3 Å². The molecule has 5 fully saturated rings. The molecule has 9 atom stereocenters. The minimum Gasteiger partial charge on any atom is -0.493 e. The van der Waals surface area contributed by atoms with E-state index >= 15 is 0 Å². The summed E-state index contributed by atoms with van der Waals surface area (Å²) < 4.78 is 29.9. The Bertz CT molecular complexity index is 1850. The number of carbonyl (C=O) groups is 1. The highest BCUT2D eigenvalue weighted by atomic mass is 35.5. The van der Waals surface area contributed by atoms with E-state index in [1.165, 1.54) is 68.9 Å². The molecule has 1 aliphatic heterocycles. The van der Waals surface area contributed by atoms with Crippen LogP contribution < -0.4 is 10.1 Å². The number of nitrogens with zero attached hydrogens (tertiary/aromatic N) is 2. The smallest absolute Gasteiger partial charge is 0.310 e. The fourth-order valence-electron chi connectivity index (χ4n) is 15.0. The molecule has 10 heteroatoms. The average molecular weight is 811 g/mol. The average Bonchev–Trinajstić information content (AvgIpc) is 3.57. The number of carboxylic acids is 1. The van der Waals surface area contributed by atoms with Crippen molar-refractivity contribution < 1.29 is 23.1 Å². The fraction of sp³-hybridized carbons (Fsp3) is 0.783. The first-order chi connectivity index (χ1) is 26.5. The number of fused-ring (bicyclic) bond motifs is 7. The molecule has 0 bridgehead atoms. The quantitative estimate of drug-likeness (QED) is 0.226. The molecular weight excluding hydrogens is 742 g/mol. The molecule has 6 aliphatic carbocycles. The molecule has 56 heavy (non-hydrogen) atoms. The molecule has 0 radical (unpaired) electrons. The molecule has 1 aromatic heterocycles. The number of halogens is 1. The summed E-state index contributed by atoms with van der Waals surface area (Å²) in [6.07, 6.45) is 21.8. The minimum atomic E-state index is -2.85. The van der Waals surface area contributed by atoms with Crippen LogP contribution in [0, 0.1) is 50.7 Å². The predicted molar refractivity (Wildman–Crippen MR) is 224 cm³/mol. The number of sulfone groups is 1. The predicted octanol–water partition coefficient (Wildman–Crippen LogP) is 9.15. The molecule has 2 heterocycles. The molecule has 4 saturated carbocycles. The van der Waals surface area contributed by atoms with Crippen LogP contribution >= 0.6 is 11.6 Å². The summed E-state index contributed by atoms with van der Waals surface area (Å²) in [4.78, 5) is 19.1. The second-order valence-electron chi connectivity index (χ2n) is 20.7. The molecule has 2 N–H and O–H groups in total. The lowest BCUT2D eigenvalue weighted by atomic mass is 9.33. The number of hydrogen-bond donors (Lipinski definition) is 2. The maximum atomic E-state index is 12.8.